The Morgan fingerprint density at radius 2 is 1.81 bits per heavy atom. The number of anilines is 2. The maximum absolute atomic E-state index is 11.8. The summed E-state index contributed by atoms with van der Waals surface area (Å²) in [6, 6.07) is 13.3. The molecule has 1 heterocycles. The number of thiazole rings is 1. The zero-order valence-electron chi connectivity index (χ0n) is 18.4. The number of benzene rings is 2. The van der Waals surface area contributed by atoms with Crippen molar-refractivity contribution in [3.63, 3.8) is 0 Å². The Kier molecular flexibility index (Phi) is 6.83. The first-order valence-corrected chi connectivity index (χ1v) is 13.4. The van der Waals surface area contributed by atoms with E-state index in [4.69, 9.17) is 14.9 Å². The highest BCUT2D eigenvalue weighted by Crippen LogP contribution is 2.36. The highest BCUT2D eigenvalue weighted by atomic mass is 32.2. The summed E-state index contributed by atoms with van der Waals surface area (Å²) in [6.45, 7) is 3.83. The van der Waals surface area contributed by atoms with Gasteiger partial charge in [-0.05, 0) is 56.4 Å². The molecule has 1 aliphatic carbocycles. The summed E-state index contributed by atoms with van der Waals surface area (Å²) in [5.41, 5.74) is 3.86. The van der Waals surface area contributed by atoms with Crippen LogP contribution in [0.25, 0.3) is 11.3 Å². The molecule has 1 fully saturated rings. The van der Waals surface area contributed by atoms with Crippen LogP contribution in [0.5, 0.6) is 5.75 Å². The number of nitrogens with one attached hydrogen (secondary N) is 1. The lowest BCUT2D eigenvalue weighted by molar-refractivity contribution is 0.243. The van der Waals surface area contributed by atoms with Crippen LogP contribution in [0.2, 0.25) is 0 Å². The Labute approximate surface area is 193 Å². The van der Waals surface area contributed by atoms with E-state index < -0.39 is 10.0 Å². The van der Waals surface area contributed by atoms with Crippen LogP contribution < -0.4 is 15.2 Å². The minimum atomic E-state index is -3.83. The van der Waals surface area contributed by atoms with Crippen molar-refractivity contribution >= 4 is 32.2 Å². The second-order valence-corrected chi connectivity index (χ2v) is 10.9. The second-order valence-electron chi connectivity index (χ2n) is 8.49. The minimum Gasteiger partial charge on any atom is -0.489 e. The smallest absolute Gasteiger partial charge is 0.238 e. The summed E-state index contributed by atoms with van der Waals surface area (Å²) >= 11 is 1.45. The Balaban J connectivity index is 1.55. The molecule has 170 valence electrons. The van der Waals surface area contributed by atoms with Crippen LogP contribution in [0.1, 0.15) is 57.4 Å². The fourth-order valence-corrected chi connectivity index (χ4v) is 5.35. The Morgan fingerprint density at radius 1 is 1.09 bits per heavy atom. The van der Waals surface area contributed by atoms with E-state index in [0.29, 0.717) is 22.5 Å². The predicted molar refractivity (Wildman–Crippen MR) is 130 cm³/mol. The number of aromatic nitrogens is 1. The molecule has 8 heteroatoms. The third kappa shape index (κ3) is 5.49. The van der Waals surface area contributed by atoms with Gasteiger partial charge in [-0.15, -0.1) is 11.3 Å². The molecule has 1 saturated carbocycles. The normalized spacial score (nSPS) is 15.1. The molecule has 4 rings (SSSR count). The fourth-order valence-electron chi connectivity index (χ4n) is 4.08. The van der Waals surface area contributed by atoms with E-state index in [-0.39, 0.29) is 11.0 Å². The molecule has 3 aromatic rings. The van der Waals surface area contributed by atoms with Crippen LogP contribution in [-0.4, -0.2) is 19.5 Å². The molecule has 1 aromatic heterocycles. The van der Waals surface area contributed by atoms with E-state index in [1.165, 1.54) is 61.1 Å². The SMILES string of the molecule is CC(C)Oc1ccc(S(N)(=O)=O)cc1Nc1nc(-c2ccc(C3CCCCC3)cc2)cs1. The molecule has 0 amide bonds. The second kappa shape index (κ2) is 9.60. The van der Waals surface area contributed by atoms with E-state index in [0.717, 1.165) is 11.3 Å². The van der Waals surface area contributed by atoms with Gasteiger partial charge in [0, 0.05) is 10.9 Å². The van der Waals surface area contributed by atoms with Crippen molar-refractivity contribution in [3.8, 4) is 17.0 Å². The standard InChI is InChI=1S/C24H29N3O3S2/c1-16(2)30-23-13-12-20(32(25,28)29)14-21(23)26-24-27-22(15-31-24)19-10-8-18(9-11-19)17-6-4-3-5-7-17/h8-17H,3-7H2,1-2H3,(H,26,27)(H2,25,28,29). The average molecular weight is 472 g/mol. The van der Waals surface area contributed by atoms with Gasteiger partial charge in [0.05, 0.1) is 22.4 Å². The molecule has 32 heavy (non-hydrogen) atoms. The maximum atomic E-state index is 11.8. The molecule has 0 aliphatic heterocycles. The number of nitrogens with two attached hydrogens (primary N) is 1. The summed E-state index contributed by atoms with van der Waals surface area (Å²) in [7, 11) is -3.83. The molecule has 0 radical (unpaired) electrons. The van der Waals surface area contributed by atoms with Gasteiger partial charge in [-0.25, -0.2) is 18.5 Å². The van der Waals surface area contributed by atoms with E-state index in [2.05, 4.69) is 29.6 Å². The summed E-state index contributed by atoms with van der Waals surface area (Å²) < 4.78 is 29.4. The lowest BCUT2D eigenvalue weighted by atomic mass is 9.84. The first kappa shape index (κ1) is 22.8. The van der Waals surface area contributed by atoms with E-state index >= 15 is 0 Å². The lowest BCUT2D eigenvalue weighted by Crippen LogP contribution is -2.13. The highest BCUT2D eigenvalue weighted by molar-refractivity contribution is 7.89. The van der Waals surface area contributed by atoms with Crippen LogP contribution in [0.4, 0.5) is 10.8 Å². The molecular weight excluding hydrogens is 442 g/mol. The summed E-state index contributed by atoms with van der Waals surface area (Å²) in [5, 5.41) is 11.2. The lowest BCUT2D eigenvalue weighted by Gasteiger charge is -2.22. The van der Waals surface area contributed by atoms with Gasteiger partial charge in [0.2, 0.25) is 10.0 Å². The summed E-state index contributed by atoms with van der Waals surface area (Å²) in [4.78, 5) is 4.72. The van der Waals surface area contributed by atoms with Crippen molar-refractivity contribution in [1.29, 1.82) is 0 Å². The molecule has 1 aliphatic rings. The van der Waals surface area contributed by atoms with Crippen molar-refractivity contribution in [2.45, 2.75) is 62.9 Å². The average Bonchev–Trinajstić information content (AvgIpc) is 3.23. The number of ether oxygens (including phenoxy) is 1. The topological polar surface area (TPSA) is 94.3 Å². The molecule has 0 unspecified atom stereocenters. The number of hydrogen-bond acceptors (Lipinski definition) is 6. The van der Waals surface area contributed by atoms with Gasteiger partial charge >= 0.3 is 0 Å². The van der Waals surface area contributed by atoms with Gasteiger partial charge < -0.3 is 10.1 Å². The van der Waals surface area contributed by atoms with E-state index in [9.17, 15) is 8.42 Å². The van der Waals surface area contributed by atoms with E-state index in [1.54, 1.807) is 6.07 Å². The van der Waals surface area contributed by atoms with Gasteiger partial charge in [-0.1, -0.05) is 43.5 Å². The van der Waals surface area contributed by atoms with Gasteiger partial charge in [-0.2, -0.15) is 0 Å². The molecule has 0 atom stereocenters. The first-order valence-electron chi connectivity index (χ1n) is 11.0. The maximum Gasteiger partial charge on any atom is 0.238 e. The molecule has 0 saturated heterocycles. The van der Waals surface area contributed by atoms with Crippen LogP contribution in [0.15, 0.2) is 52.7 Å². The third-order valence-electron chi connectivity index (χ3n) is 5.67. The zero-order valence-corrected chi connectivity index (χ0v) is 20.0. The predicted octanol–water partition coefficient (Wildman–Crippen LogP) is 6.04. The Hall–Kier alpha value is -2.42. The molecule has 0 spiro atoms. The number of primary sulfonamides is 1. The third-order valence-corrected chi connectivity index (χ3v) is 7.34. The van der Waals surface area contributed by atoms with Crippen LogP contribution in [0, 0.1) is 0 Å². The van der Waals surface area contributed by atoms with Crippen LogP contribution in [0.3, 0.4) is 0 Å². The Morgan fingerprint density at radius 3 is 2.47 bits per heavy atom. The quantitative estimate of drug-likeness (QED) is 0.438. The van der Waals surface area contributed by atoms with Crippen molar-refractivity contribution < 1.29 is 13.2 Å². The van der Waals surface area contributed by atoms with E-state index in [1.807, 2.05) is 19.2 Å². The van der Waals surface area contributed by atoms with Crippen molar-refractivity contribution in [1.82, 2.24) is 4.98 Å². The van der Waals surface area contributed by atoms with Crippen molar-refractivity contribution in [3.05, 3.63) is 53.4 Å². The van der Waals surface area contributed by atoms with Crippen LogP contribution >= 0.6 is 11.3 Å². The summed E-state index contributed by atoms with van der Waals surface area (Å²) in [6.07, 6.45) is 6.49. The van der Waals surface area contributed by atoms with Gasteiger partial charge in [0.15, 0.2) is 5.13 Å². The molecule has 6 nitrogen and oxygen atoms in total. The number of nitrogens with zero attached hydrogens (tertiary/aromatic N) is 1. The fraction of sp³-hybridized carbons (Fsp3) is 0.375. The Bertz CT molecular complexity index is 1170. The van der Waals surface area contributed by atoms with Gasteiger partial charge in [0.1, 0.15) is 5.75 Å². The molecular formula is C24H29N3O3S2. The molecule has 2 aromatic carbocycles. The van der Waals surface area contributed by atoms with Crippen molar-refractivity contribution in [2.75, 3.05) is 5.32 Å². The monoisotopic (exact) mass is 471 g/mol. The van der Waals surface area contributed by atoms with Gasteiger partial charge in [-0.3, -0.25) is 0 Å². The van der Waals surface area contributed by atoms with Gasteiger partial charge in [0.25, 0.3) is 0 Å². The zero-order chi connectivity index (χ0) is 22.7. The van der Waals surface area contributed by atoms with Crippen molar-refractivity contribution in [2.24, 2.45) is 5.14 Å². The minimum absolute atomic E-state index is 0.0196. The van der Waals surface area contributed by atoms with Crippen LogP contribution in [-0.2, 0) is 10.0 Å². The number of sulfonamides is 1. The first-order chi connectivity index (χ1) is 15.3. The number of rotatable bonds is 7. The molecule has 3 N–H and O–H groups in total. The largest absolute Gasteiger partial charge is 0.489 e. The highest BCUT2D eigenvalue weighted by Gasteiger charge is 2.17. The molecule has 0 bridgehead atoms. The number of hydrogen-bond donors (Lipinski definition) is 2. The summed E-state index contributed by atoms with van der Waals surface area (Å²) in [5.74, 6) is 1.22.